The molecule has 1 fully saturated rings. The van der Waals surface area contributed by atoms with Gasteiger partial charge in [-0.25, -0.2) is 9.18 Å². The fourth-order valence-corrected chi connectivity index (χ4v) is 3.08. The van der Waals surface area contributed by atoms with Crippen molar-refractivity contribution in [2.24, 2.45) is 0 Å². The molecule has 7 heteroatoms. The Kier molecular flexibility index (Phi) is 3.74. The van der Waals surface area contributed by atoms with Crippen LogP contribution in [0.2, 0.25) is 0 Å². The molecule has 2 N–H and O–H groups in total. The van der Waals surface area contributed by atoms with Crippen molar-refractivity contribution in [1.29, 1.82) is 0 Å². The molecule has 0 bridgehead atoms. The van der Waals surface area contributed by atoms with E-state index in [0.29, 0.717) is 24.5 Å². The molecule has 2 aliphatic rings. The maximum Gasteiger partial charge on any atom is 0.325 e. The first-order valence-corrected chi connectivity index (χ1v) is 7.36. The Hall–Kier alpha value is -2.15. The fourth-order valence-electron chi connectivity index (χ4n) is 3.08. The van der Waals surface area contributed by atoms with Gasteiger partial charge in [0.1, 0.15) is 12.4 Å². The second kappa shape index (κ2) is 5.57. The van der Waals surface area contributed by atoms with Crippen LogP contribution in [0.4, 0.5) is 20.6 Å². The summed E-state index contributed by atoms with van der Waals surface area (Å²) in [5.74, 6) is -0.710. The first kappa shape index (κ1) is 14.8. The predicted molar refractivity (Wildman–Crippen MR) is 81.4 cm³/mol. The van der Waals surface area contributed by atoms with Crippen molar-refractivity contribution in [3.05, 3.63) is 24.0 Å². The lowest BCUT2D eigenvalue weighted by molar-refractivity contribution is -0.115. The number of halogens is 1. The Morgan fingerprint density at radius 1 is 1.27 bits per heavy atom. The van der Waals surface area contributed by atoms with E-state index >= 15 is 0 Å². The van der Waals surface area contributed by atoms with Crippen LogP contribution in [0.25, 0.3) is 0 Å². The van der Waals surface area contributed by atoms with Gasteiger partial charge in [0, 0.05) is 25.2 Å². The van der Waals surface area contributed by atoms with Crippen LogP contribution in [0.1, 0.15) is 13.8 Å². The molecule has 0 radical (unpaired) electrons. The molecule has 0 saturated carbocycles. The maximum atomic E-state index is 13.5. The van der Waals surface area contributed by atoms with Gasteiger partial charge in [-0.3, -0.25) is 9.69 Å². The number of nitrogens with one attached hydrogen (secondary N) is 2. The summed E-state index contributed by atoms with van der Waals surface area (Å²) in [5, 5.41) is 6.01. The molecule has 0 aliphatic carbocycles. The summed E-state index contributed by atoms with van der Waals surface area (Å²) in [7, 11) is 0. The summed E-state index contributed by atoms with van der Waals surface area (Å²) in [4.78, 5) is 27.6. The van der Waals surface area contributed by atoms with Gasteiger partial charge in [-0.1, -0.05) is 0 Å². The molecule has 2 aliphatic heterocycles. The molecule has 0 unspecified atom stereocenters. The van der Waals surface area contributed by atoms with E-state index in [9.17, 15) is 14.0 Å². The van der Waals surface area contributed by atoms with Crippen molar-refractivity contribution < 1.29 is 14.0 Å². The first-order chi connectivity index (χ1) is 10.4. The quantitative estimate of drug-likeness (QED) is 0.761. The van der Waals surface area contributed by atoms with Gasteiger partial charge in [-0.2, -0.15) is 0 Å². The highest BCUT2D eigenvalue weighted by molar-refractivity contribution is 6.09. The lowest BCUT2D eigenvalue weighted by atomic mass is 10.1. The van der Waals surface area contributed by atoms with Gasteiger partial charge in [-0.05, 0) is 32.0 Å². The van der Waals surface area contributed by atoms with E-state index in [1.165, 1.54) is 23.1 Å². The number of benzene rings is 1. The van der Waals surface area contributed by atoms with Gasteiger partial charge in [0.25, 0.3) is 0 Å². The van der Waals surface area contributed by atoms with Crippen molar-refractivity contribution in [1.82, 2.24) is 10.2 Å². The molecule has 3 rings (SSSR count). The lowest BCUT2D eigenvalue weighted by Crippen LogP contribution is -2.59. The Morgan fingerprint density at radius 3 is 2.64 bits per heavy atom. The van der Waals surface area contributed by atoms with Gasteiger partial charge in [0.05, 0.1) is 11.4 Å². The average molecular weight is 306 g/mol. The van der Waals surface area contributed by atoms with E-state index in [-0.39, 0.29) is 30.6 Å². The Balaban J connectivity index is 1.89. The summed E-state index contributed by atoms with van der Waals surface area (Å²) in [6, 6.07) is 4.12. The summed E-state index contributed by atoms with van der Waals surface area (Å²) in [6.07, 6.45) is 0. The van der Waals surface area contributed by atoms with Gasteiger partial charge in [0.15, 0.2) is 0 Å². The maximum absolute atomic E-state index is 13.5. The number of rotatable bonds is 0. The zero-order valence-electron chi connectivity index (χ0n) is 12.6. The summed E-state index contributed by atoms with van der Waals surface area (Å²) in [6.45, 7) is 5.04. The monoisotopic (exact) mass is 306 g/mol. The zero-order valence-corrected chi connectivity index (χ0v) is 12.6. The number of piperazine rings is 1. The number of amides is 3. The standard InChI is InChI=1S/C15H19FN4O2/c1-9-6-19(7-10(2)17-9)15(22)20-8-14(21)18-12-4-3-11(16)5-13(12)20/h3-5,9-10,17H,6-8H2,1-2H3,(H,18,21)/t9-,10+. The number of urea groups is 1. The Bertz CT molecular complexity index is 612. The molecule has 3 amide bonds. The number of anilines is 2. The Morgan fingerprint density at radius 2 is 1.95 bits per heavy atom. The molecular weight excluding hydrogens is 287 g/mol. The van der Waals surface area contributed by atoms with Crippen molar-refractivity contribution in [3.63, 3.8) is 0 Å². The van der Waals surface area contributed by atoms with Gasteiger partial charge in [-0.15, -0.1) is 0 Å². The highest BCUT2D eigenvalue weighted by atomic mass is 19.1. The zero-order chi connectivity index (χ0) is 15.9. The molecule has 118 valence electrons. The van der Waals surface area contributed by atoms with E-state index in [4.69, 9.17) is 0 Å². The van der Waals surface area contributed by atoms with Crippen LogP contribution in [-0.2, 0) is 4.79 Å². The molecule has 6 nitrogen and oxygen atoms in total. The molecule has 1 aromatic rings. The second-order valence-corrected chi connectivity index (χ2v) is 5.95. The fraction of sp³-hybridized carbons (Fsp3) is 0.467. The van der Waals surface area contributed by atoms with Crippen LogP contribution in [-0.4, -0.2) is 48.6 Å². The molecule has 1 aromatic carbocycles. The summed E-state index contributed by atoms with van der Waals surface area (Å²) in [5.41, 5.74) is 0.866. The minimum absolute atomic E-state index is 0.0953. The number of carbonyl (C=O) groups is 2. The van der Waals surface area contributed by atoms with Crippen LogP contribution >= 0.6 is 0 Å². The van der Waals surface area contributed by atoms with Crippen LogP contribution in [0.15, 0.2) is 18.2 Å². The minimum atomic E-state index is -0.435. The van der Waals surface area contributed by atoms with Crippen LogP contribution in [0.5, 0.6) is 0 Å². The summed E-state index contributed by atoms with van der Waals surface area (Å²) < 4.78 is 13.5. The van der Waals surface area contributed by atoms with E-state index < -0.39 is 5.82 Å². The van der Waals surface area contributed by atoms with E-state index in [0.717, 1.165) is 0 Å². The number of fused-ring (bicyclic) bond motifs is 1. The van der Waals surface area contributed by atoms with Crippen molar-refractivity contribution in [2.75, 3.05) is 29.9 Å². The number of nitrogens with zero attached hydrogens (tertiary/aromatic N) is 2. The second-order valence-electron chi connectivity index (χ2n) is 5.95. The van der Waals surface area contributed by atoms with Crippen molar-refractivity contribution in [3.8, 4) is 0 Å². The van der Waals surface area contributed by atoms with Crippen molar-refractivity contribution >= 4 is 23.3 Å². The molecule has 1 saturated heterocycles. The number of carbonyl (C=O) groups excluding carboxylic acids is 2. The normalized spacial score (nSPS) is 24.8. The highest BCUT2D eigenvalue weighted by Gasteiger charge is 2.33. The molecule has 2 atom stereocenters. The molecule has 2 heterocycles. The van der Waals surface area contributed by atoms with Gasteiger partial charge >= 0.3 is 6.03 Å². The van der Waals surface area contributed by atoms with E-state index in [1.54, 1.807) is 4.90 Å². The summed E-state index contributed by atoms with van der Waals surface area (Å²) >= 11 is 0. The molecular formula is C15H19FN4O2. The van der Waals surface area contributed by atoms with E-state index in [1.807, 2.05) is 13.8 Å². The lowest BCUT2D eigenvalue weighted by Gasteiger charge is -2.40. The minimum Gasteiger partial charge on any atom is -0.323 e. The van der Waals surface area contributed by atoms with Crippen LogP contribution in [0, 0.1) is 5.82 Å². The third kappa shape index (κ3) is 2.76. The van der Waals surface area contributed by atoms with E-state index in [2.05, 4.69) is 10.6 Å². The molecule has 0 aromatic heterocycles. The van der Waals surface area contributed by atoms with Crippen LogP contribution < -0.4 is 15.5 Å². The molecule has 0 spiro atoms. The van der Waals surface area contributed by atoms with Crippen molar-refractivity contribution in [2.45, 2.75) is 25.9 Å². The average Bonchev–Trinajstić information content (AvgIpc) is 2.45. The third-order valence-electron chi connectivity index (χ3n) is 3.89. The smallest absolute Gasteiger partial charge is 0.323 e. The largest absolute Gasteiger partial charge is 0.325 e. The number of hydrogen-bond donors (Lipinski definition) is 2. The highest BCUT2D eigenvalue weighted by Crippen LogP contribution is 2.31. The van der Waals surface area contributed by atoms with Crippen LogP contribution in [0.3, 0.4) is 0 Å². The third-order valence-corrected chi connectivity index (χ3v) is 3.89. The Labute approximate surface area is 128 Å². The SMILES string of the molecule is C[C@@H]1CN(C(=O)N2CC(=O)Nc3ccc(F)cc32)C[C@H](C)N1. The molecule has 22 heavy (non-hydrogen) atoms. The topological polar surface area (TPSA) is 64.7 Å². The van der Waals surface area contributed by atoms with Gasteiger partial charge < -0.3 is 15.5 Å². The number of hydrogen-bond acceptors (Lipinski definition) is 3. The first-order valence-electron chi connectivity index (χ1n) is 7.36. The van der Waals surface area contributed by atoms with Gasteiger partial charge in [0.2, 0.25) is 5.91 Å². The predicted octanol–water partition coefficient (Wildman–Crippen LogP) is 1.39.